The molecule has 0 spiro atoms. The maximum absolute atomic E-state index is 13.5. The lowest BCUT2D eigenvalue weighted by atomic mass is 9.77. The Morgan fingerprint density at radius 2 is 1.90 bits per heavy atom. The highest BCUT2D eigenvalue weighted by molar-refractivity contribution is 6.30. The lowest BCUT2D eigenvalue weighted by molar-refractivity contribution is 0.0267. The average molecular weight is 291 g/mol. The largest absolute Gasteiger partial charge is 0.389 e. The Hall–Kier alpha value is -1.38. The van der Waals surface area contributed by atoms with E-state index in [-0.39, 0.29) is 5.02 Å². The quantitative estimate of drug-likeness (QED) is 0.888. The minimum absolute atomic E-state index is 0.120. The van der Waals surface area contributed by atoms with E-state index in [0.29, 0.717) is 19.3 Å². The summed E-state index contributed by atoms with van der Waals surface area (Å²) in [4.78, 5) is 0. The Balaban J connectivity index is 1.82. The predicted molar refractivity (Wildman–Crippen MR) is 78.5 cm³/mol. The molecule has 0 amide bonds. The van der Waals surface area contributed by atoms with Crippen LogP contribution >= 0.6 is 11.6 Å². The fraction of sp³-hybridized carbons (Fsp3) is 0.294. The van der Waals surface area contributed by atoms with Gasteiger partial charge in [0.15, 0.2) is 0 Å². The van der Waals surface area contributed by atoms with Crippen LogP contribution in [0.3, 0.4) is 0 Å². The monoisotopic (exact) mass is 290 g/mol. The molecule has 1 unspecified atom stereocenters. The summed E-state index contributed by atoms with van der Waals surface area (Å²) in [6, 6.07) is 12.9. The van der Waals surface area contributed by atoms with E-state index in [1.807, 2.05) is 12.1 Å². The first kappa shape index (κ1) is 13.6. The third-order valence-corrected chi connectivity index (χ3v) is 4.32. The van der Waals surface area contributed by atoms with Gasteiger partial charge in [-0.2, -0.15) is 0 Å². The standard InChI is InChI=1S/C17H16ClFO/c18-15-6-5-12(9-16(15)19)10-17(20)8-7-13-3-1-2-4-14(13)11-17/h1-6,9,20H,7-8,10-11H2. The Morgan fingerprint density at radius 1 is 1.15 bits per heavy atom. The third kappa shape index (κ3) is 2.72. The Bertz CT molecular complexity index is 641. The Morgan fingerprint density at radius 3 is 2.65 bits per heavy atom. The number of aryl methyl sites for hydroxylation is 1. The number of aliphatic hydroxyl groups is 1. The molecule has 1 aliphatic rings. The second kappa shape index (κ2) is 5.19. The molecule has 104 valence electrons. The molecule has 20 heavy (non-hydrogen) atoms. The van der Waals surface area contributed by atoms with Crippen molar-refractivity contribution in [2.75, 3.05) is 0 Å². The molecule has 1 nitrogen and oxygen atoms in total. The van der Waals surface area contributed by atoms with Crippen molar-refractivity contribution in [3.8, 4) is 0 Å². The summed E-state index contributed by atoms with van der Waals surface area (Å²) >= 11 is 5.69. The van der Waals surface area contributed by atoms with Gasteiger partial charge in [-0.3, -0.25) is 0 Å². The summed E-state index contributed by atoms with van der Waals surface area (Å²) in [5.74, 6) is -0.427. The Kier molecular flexibility index (Phi) is 3.53. The molecule has 2 aromatic rings. The van der Waals surface area contributed by atoms with Crippen molar-refractivity contribution >= 4 is 11.6 Å². The summed E-state index contributed by atoms with van der Waals surface area (Å²) in [5.41, 5.74) is 2.48. The molecule has 0 saturated heterocycles. The van der Waals surface area contributed by atoms with Crippen molar-refractivity contribution in [2.24, 2.45) is 0 Å². The second-order valence-corrected chi connectivity index (χ2v) is 6.00. The van der Waals surface area contributed by atoms with Gasteiger partial charge in [-0.1, -0.05) is 41.9 Å². The van der Waals surface area contributed by atoms with E-state index in [9.17, 15) is 9.50 Å². The molecule has 2 aromatic carbocycles. The van der Waals surface area contributed by atoms with Gasteiger partial charge in [-0.05, 0) is 41.7 Å². The second-order valence-electron chi connectivity index (χ2n) is 5.60. The van der Waals surface area contributed by atoms with E-state index in [4.69, 9.17) is 11.6 Å². The number of rotatable bonds is 2. The molecule has 0 aliphatic heterocycles. The number of fused-ring (bicyclic) bond motifs is 1. The van der Waals surface area contributed by atoms with Crippen LogP contribution < -0.4 is 0 Å². The van der Waals surface area contributed by atoms with E-state index in [2.05, 4.69) is 12.1 Å². The molecule has 0 bridgehead atoms. The lowest BCUT2D eigenvalue weighted by Crippen LogP contribution is -2.38. The zero-order valence-corrected chi connectivity index (χ0v) is 11.8. The first-order valence-corrected chi connectivity index (χ1v) is 7.17. The SMILES string of the molecule is OC1(Cc2ccc(Cl)c(F)c2)CCc2ccccc2C1. The van der Waals surface area contributed by atoms with Gasteiger partial charge in [0.1, 0.15) is 5.82 Å². The highest BCUT2D eigenvalue weighted by atomic mass is 35.5. The fourth-order valence-corrected chi connectivity index (χ4v) is 3.08. The van der Waals surface area contributed by atoms with Crippen LogP contribution in [-0.2, 0) is 19.3 Å². The van der Waals surface area contributed by atoms with E-state index >= 15 is 0 Å². The molecule has 1 aliphatic carbocycles. The van der Waals surface area contributed by atoms with Crippen molar-refractivity contribution in [2.45, 2.75) is 31.3 Å². The van der Waals surface area contributed by atoms with Gasteiger partial charge < -0.3 is 5.11 Å². The first-order valence-electron chi connectivity index (χ1n) is 6.79. The van der Waals surface area contributed by atoms with Gasteiger partial charge in [0, 0.05) is 12.8 Å². The smallest absolute Gasteiger partial charge is 0.142 e. The molecule has 0 fully saturated rings. The van der Waals surface area contributed by atoms with E-state index in [1.54, 1.807) is 12.1 Å². The zero-order valence-electron chi connectivity index (χ0n) is 11.1. The van der Waals surface area contributed by atoms with Crippen molar-refractivity contribution in [1.29, 1.82) is 0 Å². The van der Waals surface area contributed by atoms with Gasteiger partial charge in [-0.25, -0.2) is 4.39 Å². The lowest BCUT2D eigenvalue weighted by Gasteiger charge is -2.33. The van der Waals surface area contributed by atoms with Crippen LogP contribution in [0.25, 0.3) is 0 Å². The van der Waals surface area contributed by atoms with Crippen LogP contribution in [0, 0.1) is 5.82 Å². The summed E-state index contributed by atoms with van der Waals surface area (Å²) in [7, 11) is 0. The van der Waals surface area contributed by atoms with Crippen molar-refractivity contribution in [3.05, 3.63) is 70.0 Å². The van der Waals surface area contributed by atoms with Crippen molar-refractivity contribution in [3.63, 3.8) is 0 Å². The van der Waals surface area contributed by atoms with Crippen molar-refractivity contribution < 1.29 is 9.50 Å². The van der Waals surface area contributed by atoms with Gasteiger partial charge in [0.25, 0.3) is 0 Å². The molecule has 3 heteroatoms. The molecule has 1 atom stereocenters. The van der Waals surface area contributed by atoms with Gasteiger partial charge in [0.2, 0.25) is 0 Å². The number of benzene rings is 2. The summed E-state index contributed by atoms with van der Waals surface area (Å²) in [6.45, 7) is 0. The number of hydrogen-bond acceptors (Lipinski definition) is 1. The van der Waals surface area contributed by atoms with Crippen molar-refractivity contribution in [1.82, 2.24) is 0 Å². The third-order valence-electron chi connectivity index (χ3n) is 4.01. The first-order chi connectivity index (χ1) is 9.56. The van der Waals surface area contributed by atoms with Crippen LogP contribution in [-0.4, -0.2) is 10.7 Å². The van der Waals surface area contributed by atoms with Gasteiger partial charge >= 0.3 is 0 Å². The molecule has 0 saturated carbocycles. The highest BCUT2D eigenvalue weighted by Gasteiger charge is 2.32. The maximum Gasteiger partial charge on any atom is 0.142 e. The minimum atomic E-state index is -0.797. The molecular weight excluding hydrogens is 275 g/mol. The molecule has 0 aromatic heterocycles. The topological polar surface area (TPSA) is 20.2 Å². The Labute approximate surface area is 123 Å². The van der Waals surface area contributed by atoms with Gasteiger partial charge in [0.05, 0.1) is 10.6 Å². The van der Waals surface area contributed by atoms with Crippen LogP contribution in [0.5, 0.6) is 0 Å². The molecule has 0 heterocycles. The predicted octanol–water partition coefficient (Wildman–Crippen LogP) is 3.94. The highest BCUT2D eigenvalue weighted by Crippen LogP contribution is 2.31. The summed E-state index contributed by atoms with van der Waals surface area (Å²) in [6.07, 6.45) is 2.64. The molecule has 1 N–H and O–H groups in total. The van der Waals surface area contributed by atoms with E-state index < -0.39 is 11.4 Å². The minimum Gasteiger partial charge on any atom is -0.389 e. The van der Waals surface area contributed by atoms with Crippen LogP contribution in [0.4, 0.5) is 4.39 Å². The van der Waals surface area contributed by atoms with E-state index in [0.717, 1.165) is 12.0 Å². The molecule has 0 radical (unpaired) electrons. The number of hydrogen-bond donors (Lipinski definition) is 1. The number of halogens is 2. The van der Waals surface area contributed by atoms with Crippen LogP contribution in [0.15, 0.2) is 42.5 Å². The zero-order chi connectivity index (χ0) is 14.2. The van der Waals surface area contributed by atoms with Crippen LogP contribution in [0.2, 0.25) is 5.02 Å². The van der Waals surface area contributed by atoms with Crippen LogP contribution in [0.1, 0.15) is 23.1 Å². The van der Waals surface area contributed by atoms with Gasteiger partial charge in [-0.15, -0.1) is 0 Å². The summed E-state index contributed by atoms with van der Waals surface area (Å²) < 4.78 is 13.5. The average Bonchev–Trinajstić information content (AvgIpc) is 2.42. The van der Waals surface area contributed by atoms with E-state index in [1.165, 1.54) is 17.2 Å². The normalized spacial score (nSPS) is 21.6. The molecular formula is C17H16ClFO. The molecule has 3 rings (SSSR count). The fourth-order valence-electron chi connectivity index (χ4n) is 2.96. The summed E-state index contributed by atoms with van der Waals surface area (Å²) in [5, 5.41) is 10.9. The maximum atomic E-state index is 13.5.